The van der Waals surface area contributed by atoms with Gasteiger partial charge >= 0.3 is 5.97 Å². The summed E-state index contributed by atoms with van der Waals surface area (Å²) in [6.07, 6.45) is 3.51. The highest BCUT2D eigenvalue weighted by Crippen LogP contribution is 2.40. The molecule has 0 saturated carbocycles. The molecule has 1 N–H and O–H groups in total. The highest BCUT2D eigenvalue weighted by atomic mass is 16.4. The maximum atomic E-state index is 11.7. The molecule has 1 fully saturated rings. The van der Waals surface area contributed by atoms with Crippen LogP contribution in [0.3, 0.4) is 0 Å². The lowest BCUT2D eigenvalue weighted by molar-refractivity contribution is -0.148. The van der Waals surface area contributed by atoms with Crippen LogP contribution < -0.4 is 0 Å². The van der Waals surface area contributed by atoms with Gasteiger partial charge in [-0.25, -0.2) is 0 Å². The molecule has 0 amide bonds. The number of aliphatic carboxylic acids is 1. The standard InChI is InChI=1S/C18H27NO2/c1-4-10-18(17(20)21)11-12-19(13-18)16(5-2)15-8-6-14(3)7-9-15/h6-9,16H,4-5,10-13H2,1-3H3,(H,20,21). The van der Waals surface area contributed by atoms with Crippen LogP contribution in [0.1, 0.15) is 56.7 Å². The number of carboxylic acid groups (broad SMARTS) is 1. The Morgan fingerprint density at radius 2 is 2.00 bits per heavy atom. The lowest BCUT2D eigenvalue weighted by Gasteiger charge is -2.30. The number of carbonyl (C=O) groups is 1. The lowest BCUT2D eigenvalue weighted by Crippen LogP contribution is -2.35. The van der Waals surface area contributed by atoms with Crippen LogP contribution in [0.5, 0.6) is 0 Å². The fraction of sp³-hybridized carbons (Fsp3) is 0.611. The van der Waals surface area contributed by atoms with E-state index in [1.807, 2.05) is 0 Å². The van der Waals surface area contributed by atoms with Crippen LogP contribution in [-0.4, -0.2) is 29.1 Å². The average Bonchev–Trinajstić information content (AvgIpc) is 2.88. The maximum Gasteiger partial charge on any atom is 0.310 e. The molecule has 1 saturated heterocycles. The Bertz CT molecular complexity index is 482. The number of hydrogen-bond donors (Lipinski definition) is 1. The SMILES string of the molecule is CCCC1(C(=O)O)CCN(C(CC)c2ccc(C)cc2)C1. The fourth-order valence-corrected chi connectivity index (χ4v) is 3.63. The summed E-state index contributed by atoms with van der Waals surface area (Å²) < 4.78 is 0. The first-order valence-electron chi connectivity index (χ1n) is 8.06. The number of hydrogen-bond acceptors (Lipinski definition) is 2. The summed E-state index contributed by atoms with van der Waals surface area (Å²) in [7, 11) is 0. The molecule has 3 heteroatoms. The second kappa shape index (κ2) is 6.61. The zero-order valence-electron chi connectivity index (χ0n) is 13.4. The van der Waals surface area contributed by atoms with Gasteiger partial charge in [0.15, 0.2) is 0 Å². The Kier molecular flexibility index (Phi) is 5.04. The first-order valence-corrected chi connectivity index (χ1v) is 8.06. The predicted octanol–water partition coefficient (Wildman–Crippen LogP) is 4.02. The minimum atomic E-state index is -0.620. The molecule has 0 aliphatic carbocycles. The van der Waals surface area contributed by atoms with Crippen molar-refractivity contribution in [2.24, 2.45) is 5.41 Å². The van der Waals surface area contributed by atoms with Gasteiger partial charge < -0.3 is 5.11 Å². The van der Waals surface area contributed by atoms with Gasteiger partial charge in [-0.15, -0.1) is 0 Å². The third kappa shape index (κ3) is 3.29. The van der Waals surface area contributed by atoms with E-state index in [-0.39, 0.29) is 0 Å². The minimum absolute atomic E-state index is 0.337. The third-order valence-corrected chi connectivity index (χ3v) is 4.86. The van der Waals surface area contributed by atoms with Crippen molar-refractivity contribution in [3.63, 3.8) is 0 Å². The number of nitrogens with zero attached hydrogens (tertiary/aromatic N) is 1. The second-order valence-electron chi connectivity index (χ2n) is 6.39. The van der Waals surface area contributed by atoms with Crippen molar-refractivity contribution < 1.29 is 9.90 Å². The summed E-state index contributed by atoms with van der Waals surface area (Å²) in [5.41, 5.74) is 2.04. The summed E-state index contributed by atoms with van der Waals surface area (Å²) in [5.74, 6) is -0.620. The third-order valence-electron chi connectivity index (χ3n) is 4.86. The molecule has 1 aromatic rings. The highest BCUT2D eigenvalue weighted by Gasteiger charge is 2.45. The number of likely N-dealkylation sites (tertiary alicyclic amines) is 1. The number of benzene rings is 1. The summed E-state index contributed by atoms with van der Waals surface area (Å²) in [6, 6.07) is 8.99. The maximum absolute atomic E-state index is 11.7. The second-order valence-corrected chi connectivity index (χ2v) is 6.39. The summed E-state index contributed by atoms with van der Waals surface area (Å²) in [5, 5.41) is 9.65. The molecule has 1 aliphatic heterocycles. The molecular formula is C18H27NO2. The van der Waals surface area contributed by atoms with Crippen LogP contribution in [-0.2, 0) is 4.79 Å². The van der Waals surface area contributed by atoms with Crippen LogP contribution >= 0.6 is 0 Å². The Hall–Kier alpha value is -1.35. The van der Waals surface area contributed by atoms with E-state index in [0.29, 0.717) is 12.6 Å². The molecule has 116 valence electrons. The molecule has 3 nitrogen and oxygen atoms in total. The molecular weight excluding hydrogens is 262 g/mol. The Labute approximate surface area is 128 Å². The van der Waals surface area contributed by atoms with E-state index in [1.54, 1.807) is 0 Å². The zero-order valence-corrected chi connectivity index (χ0v) is 13.4. The monoisotopic (exact) mass is 289 g/mol. The highest BCUT2D eigenvalue weighted by molar-refractivity contribution is 5.75. The van der Waals surface area contributed by atoms with E-state index in [1.165, 1.54) is 11.1 Å². The van der Waals surface area contributed by atoms with Crippen molar-refractivity contribution in [2.45, 2.75) is 52.5 Å². The van der Waals surface area contributed by atoms with Crippen LogP contribution in [0, 0.1) is 12.3 Å². The number of rotatable bonds is 6. The first kappa shape index (κ1) is 16.0. The molecule has 1 heterocycles. The van der Waals surface area contributed by atoms with Gasteiger partial charge in [-0.3, -0.25) is 9.69 Å². The van der Waals surface area contributed by atoms with E-state index < -0.39 is 11.4 Å². The topological polar surface area (TPSA) is 40.5 Å². The molecule has 2 unspecified atom stereocenters. The van der Waals surface area contributed by atoms with Crippen LogP contribution in [0.2, 0.25) is 0 Å². The van der Waals surface area contributed by atoms with E-state index in [4.69, 9.17) is 0 Å². The summed E-state index contributed by atoms with van der Waals surface area (Å²) in [6.45, 7) is 7.92. The Balaban J connectivity index is 2.17. The van der Waals surface area contributed by atoms with Crippen molar-refractivity contribution in [2.75, 3.05) is 13.1 Å². The van der Waals surface area contributed by atoms with Crippen molar-refractivity contribution in [1.82, 2.24) is 4.90 Å². The van der Waals surface area contributed by atoms with E-state index in [0.717, 1.165) is 32.2 Å². The Morgan fingerprint density at radius 3 is 2.52 bits per heavy atom. The Morgan fingerprint density at radius 1 is 1.33 bits per heavy atom. The lowest BCUT2D eigenvalue weighted by atomic mass is 9.82. The molecule has 21 heavy (non-hydrogen) atoms. The molecule has 0 radical (unpaired) electrons. The van der Waals surface area contributed by atoms with Gasteiger partial charge in [-0.05, 0) is 38.3 Å². The molecule has 0 spiro atoms. The minimum Gasteiger partial charge on any atom is -0.481 e. The molecule has 0 bridgehead atoms. The van der Waals surface area contributed by atoms with Crippen LogP contribution in [0.25, 0.3) is 0 Å². The van der Waals surface area contributed by atoms with Crippen molar-refractivity contribution >= 4 is 5.97 Å². The summed E-state index contributed by atoms with van der Waals surface area (Å²) >= 11 is 0. The summed E-state index contributed by atoms with van der Waals surface area (Å²) in [4.78, 5) is 14.1. The molecule has 0 aromatic heterocycles. The average molecular weight is 289 g/mol. The molecule has 1 aliphatic rings. The van der Waals surface area contributed by atoms with Crippen molar-refractivity contribution in [3.8, 4) is 0 Å². The van der Waals surface area contributed by atoms with Gasteiger partial charge in [-0.2, -0.15) is 0 Å². The van der Waals surface area contributed by atoms with Crippen LogP contribution in [0.15, 0.2) is 24.3 Å². The normalized spacial score (nSPS) is 24.1. The first-order chi connectivity index (χ1) is 10.0. The smallest absolute Gasteiger partial charge is 0.310 e. The fourth-order valence-electron chi connectivity index (χ4n) is 3.63. The molecule has 2 atom stereocenters. The van der Waals surface area contributed by atoms with Gasteiger partial charge in [0.25, 0.3) is 0 Å². The van der Waals surface area contributed by atoms with Gasteiger partial charge in [0, 0.05) is 12.6 Å². The van der Waals surface area contributed by atoms with Gasteiger partial charge in [0.1, 0.15) is 0 Å². The van der Waals surface area contributed by atoms with E-state index >= 15 is 0 Å². The van der Waals surface area contributed by atoms with Crippen molar-refractivity contribution in [3.05, 3.63) is 35.4 Å². The van der Waals surface area contributed by atoms with E-state index in [9.17, 15) is 9.90 Å². The van der Waals surface area contributed by atoms with Gasteiger partial charge in [0.05, 0.1) is 5.41 Å². The molecule has 2 rings (SSSR count). The van der Waals surface area contributed by atoms with Gasteiger partial charge in [0.2, 0.25) is 0 Å². The number of aryl methyl sites for hydroxylation is 1. The quantitative estimate of drug-likeness (QED) is 0.859. The van der Waals surface area contributed by atoms with E-state index in [2.05, 4.69) is 49.9 Å². The number of carboxylic acids is 1. The largest absolute Gasteiger partial charge is 0.481 e. The molecule has 1 aromatic carbocycles. The predicted molar refractivity (Wildman–Crippen MR) is 85.4 cm³/mol. The van der Waals surface area contributed by atoms with Gasteiger partial charge in [-0.1, -0.05) is 50.1 Å². The zero-order chi connectivity index (χ0) is 15.5. The van der Waals surface area contributed by atoms with Crippen LogP contribution in [0.4, 0.5) is 0 Å². The van der Waals surface area contributed by atoms with Crippen molar-refractivity contribution in [1.29, 1.82) is 0 Å².